The van der Waals surface area contributed by atoms with E-state index in [0.717, 1.165) is 12.5 Å². The van der Waals surface area contributed by atoms with Gasteiger partial charge < -0.3 is 10.1 Å². The largest absolute Gasteiger partial charge is 0.467 e. The topological polar surface area (TPSA) is 21.3 Å². The molecule has 2 nitrogen and oxygen atoms in total. The summed E-state index contributed by atoms with van der Waals surface area (Å²) in [5.74, 6) is 0. The molecule has 1 N–H and O–H groups in total. The van der Waals surface area contributed by atoms with E-state index in [0.29, 0.717) is 0 Å². The summed E-state index contributed by atoms with van der Waals surface area (Å²) in [6.07, 6.45) is -4.09. The lowest BCUT2D eigenvalue weighted by molar-refractivity contribution is -0.206. The zero-order valence-corrected chi connectivity index (χ0v) is 4.27. The summed E-state index contributed by atoms with van der Waals surface area (Å²) in [6, 6.07) is 0. The summed E-state index contributed by atoms with van der Waals surface area (Å²) in [7, 11) is 0. The molecule has 1 rings (SSSR count). The molecule has 0 aromatic rings. The van der Waals surface area contributed by atoms with E-state index in [9.17, 15) is 13.2 Å². The van der Waals surface area contributed by atoms with Gasteiger partial charge in [0, 0.05) is 6.20 Å². The predicted octanol–water partition coefficient (Wildman–Crippen LogP) is 0.966. The van der Waals surface area contributed by atoms with Crippen LogP contribution < -0.4 is 5.32 Å². The van der Waals surface area contributed by atoms with Crippen LogP contribution in [0.15, 0.2) is 12.5 Å². The van der Waals surface area contributed by atoms with Crippen molar-refractivity contribution in [2.24, 2.45) is 0 Å². The van der Waals surface area contributed by atoms with Gasteiger partial charge in [0.05, 0.1) is 0 Å². The van der Waals surface area contributed by atoms with Gasteiger partial charge in [0.15, 0.2) is 0 Å². The van der Waals surface area contributed by atoms with E-state index < -0.39 is 12.4 Å². The Balaban J connectivity index is 2.46. The molecule has 5 heteroatoms. The van der Waals surface area contributed by atoms with E-state index in [1.807, 2.05) is 5.32 Å². The number of rotatable bonds is 0. The van der Waals surface area contributed by atoms with Crippen LogP contribution in [0, 0.1) is 0 Å². The van der Waals surface area contributed by atoms with E-state index in [-0.39, 0.29) is 0 Å². The van der Waals surface area contributed by atoms with Crippen molar-refractivity contribution in [2.45, 2.75) is 12.4 Å². The number of ether oxygens (including phenoxy) is 1. The maximum atomic E-state index is 11.5. The van der Waals surface area contributed by atoms with Gasteiger partial charge in [-0.25, -0.2) is 0 Å². The van der Waals surface area contributed by atoms with Crippen LogP contribution in [0.4, 0.5) is 13.2 Å². The molecule has 1 atom stereocenters. The van der Waals surface area contributed by atoms with Crippen LogP contribution in [0.5, 0.6) is 0 Å². The van der Waals surface area contributed by atoms with Gasteiger partial charge in [-0.1, -0.05) is 0 Å². The van der Waals surface area contributed by atoms with E-state index in [4.69, 9.17) is 0 Å². The van der Waals surface area contributed by atoms with Crippen molar-refractivity contribution in [2.75, 3.05) is 0 Å². The fourth-order valence-corrected chi connectivity index (χ4v) is 0.455. The quantitative estimate of drug-likeness (QED) is 0.539. The zero-order valence-electron chi connectivity index (χ0n) is 4.27. The third-order valence-electron chi connectivity index (χ3n) is 0.828. The summed E-state index contributed by atoms with van der Waals surface area (Å²) < 4.78 is 38.7. The maximum Gasteiger partial charge on any atom is 0.445 e. The minimum Gasteiger partial charge on any atom is -0.467 e. The fourth-order valence-electron chi connectivity index (χ4n) is 0.455. The van der Waals surface area contributed by atoms with Gasteiger partial charge in [-0.3, -0.25) is 0 Å². The van der Waals surface area contributed by atoms with Crippen molar-refractivity contribution in [3.05, 3.63) is 12.5 Å². The van der Waals surface area contributed by atoms with Gasteiger partial charge in [-0.05, 0) is 0 Å². The molecule has 0 saturated carbocycles. The molecule has 0 fully saturated rings. The number of hydrogen-bond donors (Lipinski definition) is 1. The lowest BCUT2D eigenvalue weighted by Crippen LogP contribution is -2.37. The minimum absolute atomic E-state index is 0.970. The first-order valence-corrected chi connectivity index (χ1v) is 2.24. The normalized spacial score (nSPS) is 25.4. The molecule has 1 aliphatic heterocycles. The van der Waals surface area contributed by atoms with Crippen LogP contribution in [0.25, 0.3) is 0 Å². The van der Waals surface area contributed by atoms with Gasteiger partial charge in [-0.2, -0.15) is 13.2 Å². The summed E-state index contributed by atoms with van der Waals surface area (Å²) in [6.45, 7) is 0. The molecule has 1 heterocycles. The molecule has 1 aliphatic rings. The smallest absolute Gasteiger partial charge is 0.445 e. The van der Waals surface area contributed by atoms with Crippen molar-refractivity contribution in [1.82, 2.24) is 5.32 Å². The highest BCUT2D eigenvalue weighted by molar-refractivity contribution is 4.84. The Labute approximate surface area is 49.3 Å². The molecule has 0 aromatic heterocycles. The Hall–Kier alpha value is -0.870. The number of alkyl halides is 3. The fraction of sp³-hybridized carbons (Fsp3) is 0.500. The summed E-state index contributed by atoms with van der Waals surface area (Å²) in [5, 5.41) is 1.97. The first kappa shape index (κ1) is 6.25. The number of halogens is 3. The van der Waals surface area contributed by atoms with Gasteiger partial charge in [0.1, 0.15) is 6.26 Å². The molecule has 0 radical (unpaired) electrons. The van der Waals surface area contributed by atoms with Gasteiger partial charge in [0.25, 0.3) is 6.23 Å². The Morgan fingerprint density at radius 2 is 2.11 bits per heavy atom. The van der Waals surface area contributed by atoms with Crippen LogP contribution in [-0.2, 0) is 4.74 Å². The molecular formula is C4H4F3NO. The van der Waals surface area contributed by atoms with Crippen LogP contribution in [0.1, 0.15) is 0 Å². The van der Waals surface area contributed by atoms with Crippen LogP contribution >= 0.6 is 0 Å². The van der Waals surface area contributed by atoms with Crippen molar-refractivity contribution >= 4 is 0 Å². The van der Waals surface area contributed by atoms with Crippen LogP contribution in [-0.4, -0.2) is 12.4 Å². The van der Waals surface area contributed by atoms with E-state index in [1.54, 1.807) is 0 Å². The van der Waals surface area contributed by atoms with E-state index in [1.165, 1.54) is 0 Å². The lowest BCUT2D eigenvalue weighted by atomic mass is 10.6. The Kier molecular flexibility index (Phi) is 1.27. The third kappa shape index (κ3) is 1.28. The summed E-state index contributed by atoms with van der Waals surface area (Å²) in [4.78, 5) is 0. The SMILES string of the molecule is FC(F)(F)C1NC=CO1. The lowest BCUT2D eigenvalue weighted by Gasteiger charge is -2.13. The second-order valence-corrected chi connectivity index (χ2v) is 1.53. The minimum atomic E-state index is -4.32. The Bertz CT molecular complexity index is 122. The highest BCUT2D eigenvalue weighted by Crippen LogP contribution is 2.22. The molecule has 0 saturated heterocycles. The van der Waals surface area contributed by atoms with Crippen molar-refractivity contribution in [3.63, 3.8) is 0 Å². The second kappa shape index (κ2) is 1.82. The number of hydrogen-bond acceptors (Lipinski definition) is 2. The molecule has 9 heavy (non-hydrogen) atoms. The standard InChI is InChI=1S/C4H4F3NO/c5-4(6,7)3-8-1-2-9-3/h1-3,8H. The van der Waals surface area contributed by atoms with E-state index >= 15 is 0 Å². The van der Waals surface area contributed by atoms with Crippen LogP contribution in [0.3, 0.4) is 0 Å². The highest BCUT2D eigenvalue weighted by atomic mass is 19.4. The van der Waals surface area contributed by atoms with Crippen LogP contribution in [0.2, 0.25) is 0 Å². The average molecular weight is 139 g/mol. The molecule has 52 valence electrons. The summed E-state index contributed by atoms with van der Waals surface area (Å²) in [5.41, 5.74) is 0. The maximum absolute atomic E-state index is 11.5. The Morgan fingerprint density at radius 3 is 2.33 bits per heavy atom. The molecule has 0 aliphatic carbocycles. The van der Waals surface area contributed by atoms with Gasteiger partial charge in [0.2, 0.25) is 0 Å². The van der Waals surface area contributed by atoms with Crippen molar-refractivity contribution in [3.8, 4) is 0 Å². The Morgan fingerprint density at radius 1 is 1.44 bits per heavy atom. The molecular weight excluding hydrogens is 135 g/mol. The van der Waals surface area contributed by atoms with Gasteiger partial charge in [-0.15, -0.1) is 0 Å². The molecule has 0 aromatic carbocycles. The molecule has 0 amide bonds. The molecule has 1 unspecified atom stereocenters. The molecule has 0 bridgehead atoms. The predicted molar refractivity (Wildman–Crippen MR) is 23.2 cm³/mol. The van der Waals surface area contributed by atoms with E-state index in [2.05, 4.69) is 4.74 Å². The number of nitrogens with one attached hydrogen (secondary N) is 1. The second-order valence-electron chi connectivity index (χ2n) is 1.53. The monoisotopic (exact) mass is 139 g/mol. The summed E-state index contributed by atoms with van der Waals surface area (Å²) >= 11 is 0. The average Bonchev–Trinajstić information content (AvgIpc) is 2.08. The van der Waals surface area contributed by atoms with Gasteiger partial charge >= 0.3 is 6.18 Å². The zero-order chi connectivity index (χ0) is 6.91. The van der Waals surface area contributed by atoms with Crippen molar-refractivity contribution in [1.29, 1.82) is 0 Å². The molecule has 0 spiro atoms. The highest BCUT2D eigenvalue weighted by Gasteiger charge is 2.42. The first-order valence-electron chi connectivity index (χ1n) is 2.24. The third-order valence-corrected chi connectivity index (χ3v) is 0.828. The van der Waals surface area contributed by atoms with Crippen molar-refractivity contribution < 1.29 is 17.9 Å². The first-order chi connectivity index (χ1) is 4.11.